The van der Waals surface area contributed by atoms with Crippen molar-refractivity contribution < 1.29 is 4.74 Å². The maximum absolute atomic E-state index is 6.22. The van der Waals surface area contributed by atoms with Gasteiger partial charge >= 0.3 is 0 Å². The van der Waals surface area contributed by atoms with Crippen molar-refractivity contribution in [2.45, 2.75) is 44.8 Å². The molecule has 1 atom stereocenters. The molecule has 19 heavy (non-hydrogen) atoms. The summed E-state index contributed by atoms with van der Waals surface area (Å²) in [6.45, 7) is 2.84. The van der Waals surface area contributed by atoms with E-state index < -0.39 is 0 Å². The summed E-state index contributed by atoms with van der Waals surface area (Å²) in [6, 6.07) is 5.71. The van der Waals surface area contributed by atoms with Crippen LogP contribution in [0.4, 0.5) is 0 Å². The number of nitrogens with two attached hydrogens (primary N) is 1. The Balaban J connectivity index is 1.81. The van der Waals surface area contributed by atoms with Crippen molar-refractivity contribution >= 4 is 23.2 Å². The Bertz CT molecular complexity index is 398. The molecule has 106 valence electrons. The van der Waals surface area contributed by atoms with Gasteiger partial charge < -0.3 is 10.5 Å². The van der Waals surface area contributed by atoms with Gasteiger partial charge in [0.2, 0.25) is 0 Å². The van der Waals surface area contributed by atoms with Gasteiger partial charge in [0.05, 0.1) is 6.10 Å². The van der Waals surface area contributed by atoms with Gasteiger partial charge in [-0.1, -0.05) is 29.3 Å². The van der Waals surface area contributed by atoms with Crippen LogP contribution < -0.4 is 5.73 Å². The highest BCUT2D eigenvalue weighted by Crippen LogP contribution is 2.34. The van der Waals surface area contributed by atoms with E-state index in [9.17, 15) is 0 Å². The maximum Gasteiger partial charge on any atom is 0.0580 e. The zero-order chi connectivity index (χ0) is 13.8. The Hall–Kier alpha value is -0.280. The smallest absolute Gasteiger partial charge is 0.0580 e. The molecule has 0 radical (unpaired) electrons. The van der Waals surface area contributed by atoms with Gasteiger partial charge in [-0.3, -0.25) is 0 Å². The second kappa shape index (κ2) is 6.94. The third kappa shape index (κ3) is 4.09. The summed E-state index contributed by atoms with van der Waals surface area (Å²) in [5.41, 5.74) is 7.19. The first kappa shape index (κ1) is 15.1. The topological polar surface area (TPSA) is 35.2 Å². The summed E-state index contributed by atoms with van der Waals surface area (Å²) in [4.78, 5) is 0. The van der Waals surface area contributed by atoms with Crippen molar-refractivity contribution in [1.82, 2.24) is 0 Å². The normalized spacial score (nSPS) is 24.0. The summed E-state index contributed by atoms with van der Waals surface area (Å²) in [6.07, 6.45) is 4.49. The standard InChI is InChI=1S/C15H21Cl2NO/c1-2-19-12-7-10(8-12)6-11(18)9-13-14(16)4-3-5-15(13)17/h3-5,10-12H,2,6-9,18H2,1H3. The van der Waals surface area contributed by atoms with Crippen molar-refractivity contribution in [2.24, 2.45) is 11.7 Å². The molecule has 0 spiro atoms. The molecule has 0 aromatic heterocycles. The molecule has 0 bridgehead atoms. The lowest BCUT2D eigenvalue weighted by molar-refractivity contribution is -0.0280. The van der Waals surface area contributed by atoms with Gasteiger partial charge in [0.25, 0.3) is 0 Å². The number of benzene rings is 1. The molecular formula is C15H21Cl2NO. The number of ether oxygens (including phenoxy) is 1. The summed E-state index contributed by atoms with van der Waals surface area (Å²) < 4.78 is 5.56. The van der Waals surface area contributed by atoms with Crippen molar-refractivity contribution in [3.8, 4) is 0 Å². The van der Waals surface area contributed by atoms with Crippen molar-refractivity contribution in [3.05, 3.63) is 33.8 Å². The van der Waals surface area contributed by atoms with Crippen LogP contribution in [0, 0.1) is 5.92 Å². The molecule has 4 heteroatoms. The highest BCUT2D eigenvalue weighted by molar-refractivity contribution is 6.35. The summed E-state index contributed by atoms with van der Waals surface area (Å²) in [5.74, 6) is 0.688. The molecule has 1 fully saturated rings. The Kier molecular flexibility index (Phi) is 5.52. The van der Waals surface area contributed by atoms with Crippen molar-refractivity contribution in [3.63, 3.8) is 0 Å². The maximum atomic E-state index is 6.22. The third-order valence-electron chi connectivity index (χ3n) is 3.76. The molecule has 2 N–H and O–H groups in total. The van der Waals surface area contributed by atoms with Gasteiger partial charge in [0.15, 0.2) is 0 Å². The van der Waals surface area contributed by atoms with Crippen LogP contribution >= 0.6 is 23.2 Å². The predicted octanol–water partition coefficient (Wildman–Crippen LogP) is 4.07. The quantitative estimate of drug-likeness (QED) is 0.859. The average Bonchev–Trinajstić information content (AvgIpc) is 2.31. The van der Waals surface area contributed by atoms with E-state index >= 15 is 0 Å². The minimum absolute atomic E-state index is 0.116. The number of hydrogen-bond acceptors (Lipinski definition) is 2. The monoisotopic (exact) mass is 301 g/mol. The Labute approximate surface area is 125 Å². The van der Waals surface area contributed by atoms with E-state index in [1.807, 2.05) is 25.1 Å². The van der Waals surface area contributed by atoms with Gasteiger partial charge in [0, 0.05) is 22.7 Å². The fourth-order valence-corrected chi connectivity index (χ4v) is 3.29. The predicted molar refractivity (Wildman–Crippen MR) is 80.9 cm³/mol. The second-order valence-corrected chi connectivity index (χ2v) is 6.13. The molecule has 1 aliphatic rings. The molecule has 2 rings (SSSR count). The molecule has 0 saturated heterocycles. The first-order valence-electron chi connectivity index (χ1n) is 6.90. The van der Waals surface area contributed by atoms with Crippen molar-refractivity contribution in [2.75, 3.05) is 6.61 Å². The highest BCUT2D eigenvalue weighted by Gasteiger charge is 2.30. The van der Waals surface area contributed by atoms with E-state index in [2.05, 4.69) is 0 Å². The van der Waals surface area contributed by atoms with Gasteiger partial charge in [-0.25, -0.2) is 0 Å². The lowest BCUT2D eigenvalue weighted by Crippen LogP contribution is -2.36. The van der Waals surface area contributed by atoms with E-state index in [-0.39, 0.29) is 6.04 Å². The van der Waals surface area contributed by atoms with Crippen LogP contribution in [-0.4, -0.2) is 18.8 Å². The molecule has 2 nitrogen and oxygen atoms in total. The first-order valence-corrected chi connectivity index (χ1v) is 7.65. The van der Waals surface area contributed by atoms with Crippen LogP contribution in [0.1, 0.15) is 31.7 Å². The first-order chi connectivity index (χ1) is 9.10. The van der Waals surface area contributed by atoms with Gasteiger partial charge in [-0.15, -0.1) is 0 Å². The lowest BCUT2D eigenvalue weighted by Gasteiger charge is -2.36. The summed E-state index contributed by atoms with van der Waals surface area (Å²) in [7, 11) is 0. The van der Waals surface area contributed by atoms with Gasteiger partial charge in [-0.2, -0.15) is 0 Å². The lowest BCUT2D eigenvalue weighted by atomic mass is 9.77. The molecule has 1 aromatic carbocycles. The number of hydrogen-bond donors (Lipinski definition) is 1. The Morgan fingerprint density at radius 1 is 1.32 bits per heavy atom. The van der Waals surface area contributed by atoms with Crippen LogP contribution in [0.5, 0.6) is 0 Å². The molecular weight excluding hydrogens is 281 g/mol. The summed E-state index contributed by atoms with van der Waals surface area (Å²) in [5, 5.41) is 1.42. The molecule has 1 aliphatic carbocycles. The second-order valence-electron chi connectivity index (χ2n) is 5.31. The fourth-order valence-electron chi connectivity index (χ4n) is 2.74. The Morgan fingerprint density at radius 3 is 2.53 bits per heavy atom. The zero-order valence-corrected chi connectivity index (χ0v) is 12.8. The SMILES string of the molecule is CCOC1CC(CC(N)Cc2c(Cl)cccc2Cl)C1. The van der Waals surface area contributed by atoms with E-state index in [0.717, 1.165) is 37.9 Å². The Morgan fingerprint density at radius 2 is 1.95 bits per heavy atom. The number of halogens is 2. The van der Waals surface area contributed by atoms with Crippen LogP contribution in [0.2, 0.25) is 10.0 Å². The van der Waals surface area contributed by atoms with Gasteiger partial charge in [0.1, 0.15) is 0 Å². The van der Waals surface area contributed by atoms with Crippen LogP contribution in [0.15, 0.2) is 18.2 Å². The largest absolute Gasteiger partial charge is 0.378 e. The molecule has 1 saturated carbocycles. The van der Waals surface area contributed by atoms with E-state index in [4.69, 9.17) is 33.7 Å². The van der Waals surface area contributed by atoms with Crippen LogP contribution in [-0.2, 0) is 11.2 Å². The minimum atomic E-state index is 0.116. The summed E-state index contributed by atoms with van der Waals surface area (Å²) >= 11 is 12.3. The van der Waals surface area contributed by atoms with Crippen LogP contribution in [0.3, 0.4) is 0 Å². The van der Waals surface area contributed by atoms with Crippen LogP contribution in [0.25, 0.3) is 0 Å². The highest BCUT2D eigenvalue weighted by atomic mass is 35.5. The van der Waals surface area contributed by atoms with Crippen molar-refractivity contribution in [1.29, 1.82) is 0 Å². The average molecular weight is 302 g/mol. The third-order valence-corrected chi connectivity index (χ3v) is 4.47. The molecule has 0 aliphatic heterocycles. The minimum Gasteiger partial charge on any atom is -0.378 e. The molecule has 1 unspecified atom stereocenters. The van der Waals surface area contributed by atoms with E-state index in [0.29, 0.717) is 22.1 Å². The molecule has 0 heterocycles. The van der Waals surface area contributed by atoms with Gasteiger partial charge in [-0.05, 0) is 56.2 Å². The number of rotatable bonds is 6. The molecule has 1 aromatic rings. The fraction of sp³-hybridized carbons (Fsp3) is 0.600. The molecule has 0 amide bonds. The van der Waals surface area contributed by atoms with E-state index in [1.54, 1.807) is 0 Å². The van der Waals surface area contributed by atoms with E-state index in [1.165, 1.54) is 0 Å². The zero-order valence-electron chi connectivity index (χ0n) is 11.2.